The predicted octanol–water partition coefficient (Wildman–Crippen LogP) is 3.98. The average Bonchev–Trinajstić information content (AvgIpc) is 2.96. The molecule has 2 N–H and O–H groups in total. The average molecular weight is 549 g/mol. The van der Waals surface area contributed by atoms with Crippen LogP contribution in [0, 0.1) is 5.92 Å². The van der Waals surface area contributed by atoms with Crippen LogP contribution in [0.5, 0.6) is 11.5 Å². The van der Waals surface area contributed by atoms with Gasteiger partial charge in [0.1, 0.15) is 12.6 Å². The van der Waals surface area contributed by atoms with E-state index in [4.69, 9.17) is 14.2 Å². The molecule has 2 atom stereocenters. The van der Waals surface area contributed by atoms with E-state index in [1.807, 2.05) is 74.5 Å². The number of para-hydroxylation sites is 2. The number of carbonyl (C=O) groups is 3. The smallest absolute Gasteiger partial charge is 0.342 e. The Kier molecular flexibility index (Phi) is 11.5. The number of rotatable bonds is 13. The minimum Gasteiger partial charge on any atom is -0.493 e. The van der Waals surface area contributed by atoms with Gasteiger partial charge in [0.15, 0.2) is 17.6 Å². The van der Waals surface area contributed by atoms with E-state index < -0.39 is 30.1 Å². The molecule has 3 rings (SSSR count). The molecule has 3 aromatic rings. The van der Waals surface area contributed by atoms with Gasteiger partial charge in [-0.3, -0.25) is 0 Å². The first-order valence-corrected chi connectivity index (χ1v) is 13.1. The molecule has 40 heavy (non-hydrogen) atoms. The zero-order valence-corrected chi connectivity index (χ0v) is 23.0. The Morgan fingerprint density at radius 1 is 0.800 bits per heavy atom. The van der Waals surface area contributed by atoms with Crippen LogP contribution in [0.15, 0.2) is 84.9 Å². The molecule has 0 aromatic heterocycles. The highest BCUT2D eigenvalue weighted by Gasteiger charge is 2.29. The van der Waals surface area contributed by atoms with Gasteiger partial charge < -0.3 is 29.5 Å². The lowest BCUT2D eigenvalue weighted by molar-refractivity contribution is -0.147. The normalized spacial score (nSPS) is 12.2. The van der Waals surface area contributed by atoms with Crippen LogP contribution < -0.4 is 14.8 Å². The van der Waals surface area contributed by atoms with Crippen molar-refractivity contribution >= 4 is 18.0 Å². The summed E-state index contributed by atoms with van der Waals surface area (Å²) in [5.41, 5.74) is 1.65. The number of methoxy groups -OCH3 is 1. The molecule has 212 valence electrons. The van der Waals surface area contributed by atoms with Crippen LogP contribution in [-0.2, 0) is 27.4 Å². The minimum atomic E-state index is -1.63. The van der Waals surface area contributed by atoms with Gasteiger partial charge in [0, 0.05) is 13.0 Å². The fourth-order valence-electron chi connectivity index (χ4n) is 3.96. The summed E-state index contributed by atoms with van der Waals surface area (Å²) in [5, 5.41) is 13.4. The van der Waals surface area contributed by atoms with Crippen molar-refractivity contribution in [2.75, 3.05) is 20.2 Å². The number of amides is 2. The molecule has 9 nitrogen and oxygen atoms in total. The van der Waals surface area contributed by atoms with Crippen LogP contribution in [0.2, 0.25) is 0 Å². The fourth-order valence-corrected chi connectivity index (χ4v) is 3.96. The van der Waals surface area contributed by atoms with E-state index in [2.05, 4.69) is 5.32 Å². The number of urea groups is 1. The maximum Gasteiger partial charge on any atom is 0.342 e. The highest BCUT2D eigenvalue weighted by Crippen LogP contribution is 2.26. The molecule has 9 heteroatoms. The Morgan fingerprint density at radius 3 is 1.98 bits per heavy atom. The number of carbonyl (C=O) groups excluding carboxylic acids is 3. The monoisotopic (exact) mass is 548 g/mol. The van der Waals surface area contributed by atoms with Crippen LogP contribution >= 0.6 is 0 Å². The largest absolute Gasteiger partial charge is 0.493 e. The number of benzene rings is 3. The molecule has 2 amide bonds. The predicted molar refractivity (Wildman–Crippen MR) is 150 cm³/mol. The van der Waals surface area contributed by atoms with Gasteiger partial charge in [-0.1, -0.05) is 86.6 Å². The van der Waals surface area contributed by atoms with Crippen molar-refractivity contribution in [2.24, 2.45) is 5.92 Å². The van der Waals surface area contributed by atoms with Gasteiger partial charge in [-0.25, -0.2) is 14.4 Å². The summed E-state index contributed by atoms with van der Waals surface area (Å²) >= 11 is 0. The second-order valence-electron chi connectivity index (χ2n) is 9.67. The second kappa shape index (κ2) is 15.3. The van der Waals surface area contributed by atoms with E-state index in [0.29, 0.717) is 5.75 Å². The quantitative estimate of drug-likeness (QED) is 0.245. The summed E-state index contributed by atoms with van der Waals surface area (Å²) in [6, 6.07) is 23.4. The van der Waals surface area contributed by atoms with Gasteiger partial charge in [0.05, 0.1) is 13.7 Å². The lowest BCUT2D eigenvalue weighted by Crippen LogP contribution is -2.52. The van der Waals surface area contributed by atoms with Gasteiger partial charge in [-0.2, -0.15) is 0 Å². The summed E-state index contributed by atoms with van der Waals surface area (Å²) in [5.74, 6) is -1.03. The molecule has 0 spiro atoms. The first-order chi connectivity index (χ1) is 19.3. The molecule has 0 aliphatic carbocycles. The fraction of sp³-hybridized carbons (Fsp3) is 0.323. The highest BCUT2D eigenvalue weighted by molar-refractivity contribution is 5.84. The maximum absolute atomic E-state index is 13.4. The van der Waals surface area contributed by atoms with Gasteiger partial charge in [0.2, 0.25) is 0 Å². The number of nitrogens with zero attached hydrogens (tertiary/aromatic N) is 1. The lowest BCUT2D eigenvalue weighted by Gasteiger charge is -2.28. The third kappa shape index (κ3) is 9.43. The van der Waals surface area contributed by atoms with Crippen LogP contribution in [-0.4, -0.2) is 60.3 Å². The number of nitrogens with one attached hydrogen (secondary N) is 1. The summed E-state index contributed by atoms with van der Waals surface area (Å²) in [7, 11) is 1.44. The number of ether oxygens (including phenoxy) is 3. The molecule has 0 saturated carbocycles. The zero-order chi connectivity index (χ0) is 28.9. The van der Waals surface area contributed by atoms with E-state index in [-0.39, 0.29) is 37.8 Å². The van der Waals surface area contributed by atoms with Crippen LogP contribution in [0.4, 0.5) is 4.79 Å². The van der Waals surface area contributed by atoms with Crippen LogP contribution in [0.1, 0.15) is 25.0 Å². The molecule has 0 aliphatic heterocycles. The Bertz CT molecular complexity index is 1230. The molecule has 3 aromatic carbocycles. The highest BCUT2D eigenvalue weighted by atomic mass is 16.6. The SMILES string of the molecule is COc1ccccc1OC(=O)C(O)CN(CC(C)C)C(=O)NC(Cc1ccccc1)C(=O)OCc1ccccc1. The second-order valence-corrected chi connectivity index (χ2v) is 9.67. The standard InChI is InChI=1S/C31H36N2O7/c1-22(2)19-33(20-26(34)30(36)40-28-17-11-10-16-27(28)38-3)31(37)32-25(18-23-12-6-4-7-13-23)29(35)39-21-24-14-8-5-9-15-24/h4-17,22,25-26,34H,18-21H2,1-3H3,(H,32,37). The van der Waals surface area contributed by atoms with Crippen LogP contribution in [0.3, 0.4) is 0 Å². The molecule has 2 unspecified atom stereocenters. The van der Waals surface area contributed by atoms with Gasteiger partial charge >= 0.3 is 18.0 Å². The van der Waals surface area contributed by atoms with E-state index in [0.717, 1.165) is 11.1 Å². The van der Waals surface area contributed by atoms with E-state index in [9.17, 15) is 19.5 Å². The molecule has 0 fully saturated rings. The van der Waals surface area contributed by atoms with Crippen molar-refractivity contribution in [3.05, 3.63) is 96.1 Å². The van der Waals surface area contributed by atoms with Crippen molar-refractivity contribution in [3.63, 3.8) is 0 Å². The molecule has 0 bridgehead atoms. The van der Waals surface area contributed by atoms with Crippen LogP contribution in [0.25, 0.3) is 0 Å². The molecule has 0 aliphatic rings. The van der Waals surface area contributed by atoms with E-state index >= 15 is 0 Å². The third-order valence-electron chi connectivity index (χ3n) is 5.91. The topological polar surface area (TPSA) is 114 Å². The molecule has 0 radical (unpaired) electrons. The van der Waals surface area contributed by atoms with Crippen molar-refractivity contribution < 1.29 is 33.7 Å². The summed E-state index contributed by atoms with van der Waals surface area (Å²) in [6.45, 7) is 3.74. The third-order valence-corrected chi connectivity index (χ3v) is 5.91. The first kappa shape index (κ1) is 30.2. The number of aliphatic hydroxyl groups is 1. The number of hydrogen-bond donors (Lipinski definition) is 2. The molecule has 0 heterocycles. The summed E-state index contributed by atoms with van der Waals surface area (Å²) in [6.07, 6.45) is -1.43. The Labute approximate surface area is 234 Å². The Hall–Kier alpha value is -4.37. The summed E-state index contributed by atoms with van der Waals surface area (Å²) in [4.78, 5) is 40.5. The number of esters is 2. The number of aliphatic hydroxyl groups excluding tert-OH is 1. The Morgan fingerprint density at radius 2 is 1.38 bits per heavy atom. The zero-order valence-electron chi connectivity index (χ0n) is 23.0. The Balaban J connectivity index is 1.71. The van der Waals surface area contributed by atoms with Crippen molar-refractivity contribution in [3.8, 4) is 11.5 Å². The van der Waals surface area contributed by atoms with Gasteiger partial charge in [-0.05, 0) is 29.2 Å². The molecular weight excluding hydrogens is 512 g/mol. The van der Waals surface area contributed by atoms with Crippen molar-refractivity contribution in [1.82, 2.24) is 10.2 Å². The van der Waals surface area contributed by atoms with Gasteiger partial charge in [-0.15, -0.1) is 0 Å². The molecule has 0 saturated heterocycles. The lowest BCUT2D eigenvalue weighted by atomic mass is 10.1. The van der Waals surface area contributed by atoms with E-state index in [1.54, 1.807) is 18.2 Å². The van der Waals surface area contributed by atoms with Gasteiger partial charge in [0.25, 0.3) is 0 Å². The van der Waals surface area contributed by atoms with E-state index in [1.165, 1.54) is 18.1 Å². The molecular formula is C31H36N2O7. The number of hydrogen-bond acceptors (Lipinski definition) is 7. The summed E-state index contributed by atoms with van der Waals surface area (Å²) < 4.78 is 16.0. The van der Waals surface area contributed by atoms with Crippen molar-refractivity contribution in [2.45, 2.75) is 39.0 Å². The maximum atomic E-state index is 13.4. The van der Waals surface area contributed by atoms with Crippen molar-refractivity contribution in [1.29, 1.82) is 0 Å². The first-order valence-electron chi connectivity index (χ1n) is 13.1. The minimum absolute atomic E-state index is 0.0146.